The van der Waals surface area contributed by atoms with Crippen molar-refractivity contribution in [3.63, 3.8) is 0 Å². The van der Waals surface area contributed by atoms with E-state index in [1.54, 1.807) is 0 Å². The van der Waals surface area contributed by atoms with E-state index in [-0.39, 0.29) is 12.6 Å². The molecule has 0 unspecified atom stereocenters. The van der Waals surface area contributed by atoms with Crippen LogP contribution in [0.3, 0.4) is 0 Å². The van der Waals surface area contributed by atoms with Crippen LogP contribution in [0, 0.1) is 6.92 Å². The Morgan fingerprint density at radius 1 is 1.25 bits per heavy atom. The lowest BCUT2D eigenvalue weighted by molar-refractivity contribution is 0.00259. The van der Waals surface area contributed by atoms with E-state index in [2.05, 4.69) is 36.1 Å². The predicted octanol–water partition coefficient (Wildman–Crippen LogP) is 1.36. The first-order chi connectivity index (χ1) is 7.81. The average Bonchev–Trinajstić information content (AvgIpc) is 2.34. The number of aryl methyl sites for hydroxylation is 1. The summed E-state index contributed by atoms with van der Waals surface area (Å²) in [6, 6.07) is 8.51. The minimum atomic E-state index is 0.115. The fraction of sp³-hybridized carbons (Fsp3) is 0.538. The van der Waals surface area contributed by atoms with Gasteiger partial charge in [0.25, 0.3) is 0 Å². The van der Waals surface area contributed by atoms with Gasteiger partial charge in [0.1, 0.15) is 0 Å². The molecule has 2 rings (SSSR count). The molecule has 1 N–H and O–H groups in total. The SMILES string of the molecule is Cc1ccc([C@H](CO)N2CCOCC2)cc1. The molecule has 1 aromatic rings. The van der Waals surface area contributed by atoms with Gasteiger partial charge in [-0.25, -0.2) is 0 Å². The molecule has 0 aliphatic carbocycles. The highest BCUT2D eigenvalue weighted by Gasteiger charge is 2.21. The van der Waals surface area contributed by atoms with Crippen LogP contribution in [0.4, 0.5) is 0 Å². The standard InChI is InChI=1S/C13H19NO2/c1-11-2-4-12(5-3-11)13(10-15)14-6-8-16-9-7-14/h2-5,13,15H,6-10H2,1H3/t13-/m0/s1. The first-order valence-corrected chi connectivity index (χ1v) is 5.80. The highest BCUT2D eigenvalue weighted by atomic mass is 16.5. The second-order valence-electron chi connectivity index (χ2n) is 4.26. The Kier molecular flexibility index (Phi) is 3.93. The van der Waals surface area contributed by atoms with E-state index in [4.69, 9.17) is 4.74 Å². The molecular formula is C13H19NO2. The molecule has 0 bridgehead atoms. The smallest absolute Gasteiger partial charge is 0.0628 e. The van der Waals surface area contributed by atoms with Crippen molar-refractivity contribution in [2.45, 2.75) is 13.0 Å². The molecule has 3 nitrogen and oxygen atoms in total. The summed E-state index contributed by atoms with van der Waals surface area (Å²) >= 11 is 0. The molecule has 1 aromatic carbocycles. The molecule has 1 aliphatic rings. The molecule has 1 fully saturated rings. The van der Waals surface area contributed by atoms with Gasteiger partial charge in [-0.2, -0.15) is 0 Å². The van der Waals surface area contributed by atoms with Crippen molar-refractivity contribution < 1.29 is 9.84 Å². The van der Waals surface area contributed by atoms with Gasteiger partial charge in [-0.15, -0.1) is 0 Å². The van der Waals surface area contributed by atoms with E-state index in [1.165, 1.54) is 11.1 Å². The van der Waals surface area contributed by atoms with Crippen molar-refractivity contribution in [3.8, 4) is 0 Å². The van der Waals surface area contributed by atoms with Gasteiger partial charge < -0.3 is 9.84 Å². The van der Waals surface area contributed by atoms with Gasteiger partial charge in [-0.1, -0.05) is 29.8 Å². The summed E-state index contributed by atoms with van der Waals surface area (Å²) in [7, 11) is 0. The molecule has 1 atom stereocenters. The summed E-state index contributed by atoms with van der Waals surface area (Å²) in [5.74, 6) is 0. The van der Waals surface area contributed by atoms with Gasteiger partial charge in [-0.05, 0) is 12.5 Å². The van der Waals surface area contributed by atoms with E-state index < -0.39 is 0 Å². The zero-order valence-corrected chi connectivity index (χ0v) is 9.72. The number of aliphatic hydroxyl groups excluding tert-OH is 1. The van der Waals surface area contributed by atoms with Gasteiger partial charge in [0.2, 0.25) is 0 Å². The lowest BCUT2D eigenvalue weighted by Crippen LogP contribution is -2.40. The number of benzene rings is 1. The first kappa shape index (κ1) is 11.6. The fourth-order valence-electron chi connectivity index (χ4n) is 2.11. The summed E-state index contributed by atoms with van der Waals surface area (Å²) in [6.07, 6.45) is 0. The van der Waals surface area contributed by atoms with Crippen LogP contribution in [0.5, 0.6) is 0 Å². The Morgan fingerprint density at radius 3 is 2.44 bits per heavy atom. The Morgan fingerprint density at radius 2 is 1.88 bits per heavy atom. The van der Waals surface area contributed by atoms with Crippen molar-refractivity contribution >= 4 is 0 Å². The van der Waals surface area contributed by atoms with E-state index >= 15 is 0 Å². The predicted molar refractivity (Wildman–Crippen MR) is 63.4 cm³/mol. The van der Waals surface area contributed by atoms with Crippen LogP contribution in [0.1, 0.15) is 17.2 Å². The Balaban J connectivity index is 2.11. The number of hydrogen-bond donors (Lipinski definition) is 1. The van der Waals surface area contributed by atoms with Gasteiger partial charge >= 0.3 is 0 Å². The van der Waals surface area contributed by atoms with Crippen LogP contribution in [-0.4, -0.2) is 42.9 Å². The van der Waals surface area contributed by atoms with E-state index in [0.29, 0.717) is 0 Å². The van der Waals surface area contributed by atoms with E-state index in [0.717, 1.165) is 26.3 Å². The molecule has 1 heterocycles. The van der Waals surface area contributed by atoms with Crippen molar-refractivity contribution in [2.75, 3.05) is 32.9 Å². The van der Waals surface area contributed by atoms with Crippen molar-refractivity contribution in [2.24, 2.45) is 0 Å². The van der Waals surface area contributed by atoms with Crippen LogP contribution < -0.4 is 0 Å². The van der Waals surface area contributed by atoms with Crippen molar-refractivity contribution in [1.29, 1.82) is 0 Å². The Labute approximate surface area is 96.6 Å². The third kappa shape index (κ3) is 2.61. The maximum atomic E-state index is 9.52. The van der Waals surface area contributed by atoms with Gasteiger partial charge in [-0.3, -0.25) is 4.90 Å². The van der Waals surface area contributed by atoms with Crippen molar-refractivity contribution in [1.82, 2.24) is 4.90 Å². The van der Waals surface area contributed by atoms with Gasteiger partial charge in [0.15, 0.2) is 0 Å². The summed E-state index contributed by atoms with van der Waals surface area (Å²) in [5.41, 5.74) is 2.44. The topological polar surface area (TPSA) is 32.7 Å². The molecule has 1 saturated heterocycles. The third-order valence-electron chi connectivity index (χ3n) is 3.12. The summed E-state index contributed by atoms with van der Waals surface area (Å²) in [5, 5.41) is 9.52. The van der Waals surface area contributed by atoms with Gasteiger partial charge in [0, 0.05) is 13.1 Å². The second-order valence-corrected chi connectivity index (χ2v) is 4.26. The minimum absolute atomic E-state index is 0.115. The summed E-state index contributed by atoms with van der Waals surface area (Å²) in [6.45, 7) is 5.58. The minimum Gasteiger partial charge on any atom is -0.394 e. The maximum absolute atomic E-state index is 9.52. The molecule has 0 spiro atoms. The number of ether oxygens (including phenoxy) is 1. The van der Waals surface area contributed by atoms with E-state index in [9.17, 15) is 5.11 Å². The molecule has 16 heavy (non-hydrogen) atoms. The number of morpholine rings is 1. The quantitative estimate of drug-likeness (QED) is 0.836. The molecule has 0 aromatic heterocycles. The van der Waals surface area contributed by atoms with Crippen molar-refractivity contribution in [3.05, 3.63) is 35.4 Å². The lowest BCUT2D eigenvalue weighted by Gasteiger charge is -2.33. The highest BCUT2D eigenvalue weighted by molar-refractivity contribution is 5.24. The molecule has 3 heteroatoms. The number of rotatable bonds is 3. The summed E-state index contributed by atoms with van der Waals surface area (Å²) < 4.78 is 5.33. The van der Waals surface area contributed by atoms with Crippen LogP contribution in [0.15, 0.2) is 24.3 Å². The van der Waals surface area contributed by atoms with Crippen LogP contribution in [0.2, 0.25) is 0 Å². The monoisotopic (exact) mass is 221 g/mol. The first-order valence-electron chi connectivity index (χ1n) is 5.80. The lowest BCUT2D eigenvalue weighted by atomic mass is 10.0. The van der Waals surface area contributed by atoms with E-state index in [1.807, 2.05) is 0 Å². The third-order valence-corrected chi connectivity index (χ3v) is 3.12. The maximum Gasteiger partial charge on any atom is 0.0628 e. The zero-order valence-electron chi connectivity index (χ0n) is 9.72. The normalized spacial score (nSPS) is 19.6. The molecule has 1 aliphatic heterocycles. The number of aliphatic hydroxyl groups is 1. The summed E-state index contributed by atoms with van der Waals surface area (Å²) in [4.78, 5) is 2.29. The number of nitrogens with zero attached hydrogens (tertiary/aromatic N) is 1. The molecule has 0 saturated carbocycles. The fourth-order valence-corrected chi connectivity index (χ4v) is 2.11. The zero-order chi connectivity index (χ0) is 11.4. The molecule has 0 radical (unpaired) electrons. The van der Waals surface area contributed by atoms with Crippen LogP contribution in [0.25, 0.3) is 0 Å². The second kappa shape index (κ2) is 5.43. The Bertz CT molecular complexity index is 317. The van der Waals surface area contributed by atoms with Crippen LogP contribution >= 0.6 is 0 Å². The average molecular weight is 221 g/mol. The largest absolute Gasteiger partial charge is 0.394 e. The number of hydrogen-bond acceptors (Lipinski definition) is 3. The van der Waals surface area contributed by atoms with Crippen LogP contribution in [-0.2, 0) is 4.74 Å². The van der Waals surface area contributed by atoms with Gasteiger partial charge in [0.05, 0.1) is 25.9 Å². The molecule has 88 valence electrons. The molecule has 0 amide bonds. The highest BCUT2D eigenvalue weighted by Crippen LogP contribution is 2.21. The molecular weight excluding hydrogens is 202 g/mol. The Hall–Kier alpha value is -0.900.